The average molecular weight is 270 g/mol. The first-order chi connectivity index (χ1) is 8.52. The molecule has 0 saturated carbocycles. The molecule has 0 atom stereocenters. The fraction of sp³-hybridized carbons (Fsp3) is 0.786. The number of thiazole rings is 1. The van der Waals surface area contributed by atoms with Gasteiger partial charge in [-0.3, -0.25) is 0 Å². The monoisotopic (exact) mass is 270 g/mol. The third kappa shape index (κ3) is 5.46. The Morgan fingerprint density at radius 3 is 2.50 bits per heavy atom. The number of aromatic nitrogens is 1. The number of hydrogen-bond donors (Lipinski definition) is 1. The Morgan fingerprint density at radius 1 is 1.22 bits per heavy atom. The molecule has 1 heterocycles. The van der Waals surface area contributed by atoms with Gasteiger partial charge in [0.1, 0.15) is 0 Å². The summed E-state index contributed by atoms with van der Waals surface area (Å²) in [5.74, 6) is 1.34. The molecule has 0 fully saturated rings. The molecule has 0 aliphatic heterocycles. The third-order valence-corrected chi connectivity index (χ3v) is 3.64. The van der Waals surface area contributed by atoms with E-state index < -0.39 is 0 Å². The topological polar surface area (TPSA) is 34.1 Å². The summed E-state index contributed by atoms with van der Waals surface area (Å²) in [6, 6.07) is 0. The molecule has 18 heavy (non-hydrogen) atoms. The van der Waals surface area contributed by atoms with Crippen LogP contribution in [0.15, 0.2) is 0 Å². The Kier molecular flexibility index (Phi) is 6.82. The van der Waals surface area contributed by atoms with Crippen LogP contribution in [0.5, 0.6) is 0 Å². The molecule has 0 saturated heterocycles. The van der Waals surface area contributed by atoms with Crippen LogP contribution in [-0.4, -0.2) is 18.6 Å². The number of nitrogens with one attached hydrogen (secondary N) is 1. The molecule has 104 valence electrons. The molecule has 3 nitrogen and oxygen atoms in total. The zero-order chi connectivity index (χ0) is 13.5. The van der Waals surface area contributed by atoms with Crippen LogP contribution in [0.4, 0.5) is 0 Å². The molecule has 0 radical (unpaired) electrons. The summed E-state index contributed by atoms with van der Waals surface area (Å²) in [6.45, 7) is 11.5. The molecule has 0 aromatic carbocycles. The predicted molar refractivity (Wildman–Crippen MR) is 77.9 cm³/mol. The van der Waals surface area contributed by atoms with Crippen molar-refractivity contribution >= 4 is 11.3 Å². The molecular formula is C14H26N2OS. The van der Waals surface area contributed by atoms with E-state index in [-0.39, 0.29) is 0 Å². The van der Waals surface area contributed by atoms with Crippen LogP contribution in [0.1, 0.15) is 43.3 Å². The van der Waals surface area contributed by atoms with Crippen LogP contribution in [0, 0.1) is 11.8 Å². The molecule has 0 bridgehead atoms. The quantitative estimate of drug-likeness (QED) is 0.787. The largest absolute Gasteiger partial charge is 0.378 e. The van der Waals surface area contributed by atoms with Crippen molar-refractivity contribution in [3.05, 3.63) is 15.6 Å². The summed E-state index contributed by atoms with van der Waals surface area (Å²) >= 11 is 1.83. The summed E-state index contributed by atoms with van der Waals surface area (Å²) < 4.78 is 5.23. The highest BCUT2D eigenvalue weighted by Crippen LogP contribution is 2.22. The third-order valence-electron chi connectivity index (χ3n) is 2.52. The fourth-order valence-corrected chi connectivity index (χ4v) is 2.99. The van der Waals surface area contributed by atoms with Gasteiger partial charge in [-0.15, -0.1) is 11.3 Å². The minimum absolute atomic E-state index is 0.618. The fourth-order valence-electron chi connectivity index (χ4n) is 1.74. The summed E-state index contributed by atoms with van der Waals surface area (Å²) in [5, 5.41) is 4.72. The van der Waals surface area contributed by atoms with E-state index in [1.54, 1.807) is 7.11 Å². The minimum atomic E-state index is 0.618. The summed E-state index contributed by atoms with van der Waals surface area (Å²) in [6.07, 6.45) is 1.06. The highest BCUT2D eigenvalue weighted by atomic mass is 32.1. The number of ether oxygens (including phenoxy) is 1. The van der Waals surface area contributed by atoms with Gasteiger partial charge in [0, 0.05) is 25.0 Å². The maximum atomic E-state index is 5.23. The first kappa shape index (κ1) is 15.6. The van der Waals surface area contributed by atoms with Crippen molar-refractivity contribution in [3.8, 4) is 0 Å². The SMILES string of the molecule is COCc1nc(CC(C)C)sc1CNCC(C)C. The van der Waals surface area contributed by atoms with Crippen LogP contribution in [0.2, 0.25) is 0 Å². The Balaban J connectivity index is 2.64. The average Bonchev–Trinajstić information content (AvgIpc) is 2.59. The highest BCUT2D eigenvalue weighted by Gasteiger charge is 2.12. The summed E-state index contributed by atoms with van der Waals surface area (Å²) in [7, 11) is 1.73. The molecule has 0 unspecified atom stereocenters. The van der Waals surface area contributed by atoms with Crippen LogP contribution in [0.25, 0.3) is 0 Å². The maximum absolute atomic E-state index is 5.23. The summed E-state index contributed by atoms with van der Waals surface area (Å²) in [4.78, 5) is 6.02. The lowest BCUT2D eigenvalue weighted by molar-refractivity contribution is 0.181. The van der Waals surface area contributed by atoms with Crippen LogP contribution in [-0.2, 0) is 24.3 Å². The second-order valence-electron chi connectivity index (χ2n) is 5.53. The molecule has 1 aromatic rings. The Bertz CT molecular complexity index is 348. The van der Waals surface area contributed by atoms with Crippen molar-refractivity contribution in [1.82, 2.24) is 10.3 Å². The Morgan fingerprint density at radius 2 is 1.94 bits per heavy atom. The number of hydrogen-bond acceptors (Lipinski definition) is 4. The zero-order valence-electron chi connectivity index (χ0n) is 12.2. The minimum Gasteiger partial charge on any atom is -0.378 e. The van der Waals surface area contributed by atoms with Crippen LogP contribution >= 0.6 is 11.3 Å². The first-order valence-corrected chi connectivity index (χ1v) is 7.51. The van der Waals surface area contributed by atoms with Gasteiger partial charge in [0.2, 0.25) is 0 Å². The standard InChI is InChI=1S/C14H26N2OS/c1-10(2)6-14-16-12(9-17-5)13(18-14)8-15-7-11(3)4/h10-11,15H,6-9H2,1-5H3. The van der Waals surface area contributed by atoms with Crippen molar-refractivity contribution < 1.29 is 4.74 Å². The molecular weight excluding hydrogens is 244 g/mol. The van der Waals surface area contributed by atoms with E-state index in [4.69, 9.17) is 9.72 Å². The van der Waals surface area contributed by atoms with Gasteiger partial charge >= 0.3 is 0 Å². The van der Waals surface area contributed by atoms with Crippen molar-refractivity contribution in [2.75, 3.05) is 13.7 Å². The molecule has 1 aromatic heterocycles. The van der Waals surface area contributed by atoms with Gasteiger partial charge in [0.25, 0.3) is 0 Å². The van der Waals surface area contributed by atoms with Crippen molar-refractivity contribution in [1.29, 1.82) is 0 Å². The van der Waals surface area contributed by atoms with Gasteiger partial charge in [-0.1, -0.05) is 27.7 Å². The van der Waals surface area contributed by atoms with Gasteiger partial charge in [-0.05, 0) is 18.4 Å². The zero-order valence-corrected chi connectivity index (χ0v) is 13.1. The lowest BCUT2D eigenvalue weighted by atomic mass is 10.1. The van der Waals surface area contributed by atoms with E-state index in [2.05, 4.69) is 33.0 Å². The second kappa shape index (κ2) is 7.87. The molecule has 1 rings (SSSR count). The number of methoxy groups -OCH3 is 1. The lowest BCUT2D eigenvalue weighted by Crippen LogP contribution is -2.19. The summed E-state index contributed by atoms with van der Waals surface area (Å²) in [5.41, 5.74) is 1.11. The number of rotatable bonds is 8. The highest BCUT2D eigenvalue weighted by molar-refractivity contribution is 7.11. The van der Waals surface area contributed by atoms with Crippen molar-refractivity contribution in [3.63, 3.8) is 0 Å². The maximum Gasteiger partial charge on any atom is 0.0935 e. The van der Waals surface area contributed by atoms with Crippen LogP contribution in [0.3, 0.4) is 0 Å². The molecule has 0 aliphatic carbocycles. The smallest absolute Gasteiger partial charge is 0.0935 e. The first-order valence-electron chi connectivity index (χ1n) is 6.70. The molecule has 0 spiro atoms. The molecule has 4 heteroatoms. The van der Waals surface area contributed by atoms with Gasteiger partial charge in [0.05, 0.1) is 17.3 Å². The molecule has 1 N–H and O–H groups in total. The predicted octanol–water partition coefficient (Wildman–Crippen LogP) is 3.23. The molecule has 0 amide bonds. The van der Waals surface area contributed by atoms with E-state index in [1.165, 1.54) is 9.88 Å². The van der Waals surface area contributed by atoms with E-state index >= 15 is 0 Å². The molecule has 0 aliphatic rings. The van der Waals surface area contributed by atoms with Crippen molar-refractivity contribution in [2.45, 2.75) is 47.3 Å². The van der Waals surface area contributed by atoms with Gasteiger partial charge in [-0.25, -0.2) is 4.98 Å². The van der Waals surface area contributed by atoms with E-state index in [0.717, 1.165) is 25.2 Å². The van der Waals surface area contributed by atoms with Gasteiger partial charge in [0.15, 0.2) is 0 Å². The Labute approximate surface area is 115 Å². The Hall–Kier alpha value is -0.450. The van der Waals surface area contributed by atoms with E-state index in [0.29, 0.717) is 18.4 Å². The lowest BCUT2D eigenvalue weighted by Gasteiger charge is -2.06. The normalized spacial score (nSPS) is 11.7. The van der Waals surface area contributed by atoms with Gasteiger partial charge in [-0.2, -0.15) is 0 Å². The number of nitrogens with zero attached hydrogens (tertiary/aromatic N) is 1. The van der Waals surface area contributed by atoms with E-state index in [9.17, 15) is 0 Å². The second-order valence-corrected chi connectivity index (χ2v) is 6.70. The van der Waals surface area contributed by atoms with Crippen LogP contribution < -0.4 is 5.32 Å². The van der Waals surface area contributed by atoms with Crippen molar-refractivity contribution in [2.24, 2.45) is 11.8 Å². The van der Waals surface area contributed by atoms with E-state index in [1.807, 2.05) is 11.3 Å². The van der Waals surface area contributed by atoms with Gasteiger partial charge < -0.3 is 10.1 Å².